The van der Waals surface area contributed by atoms with Crippen molar-refractivity contribution in [3.05, 3.63) is 24.5 Å². The molecule has 5 nitrogen and oxygen atoms in total. The lowest BCUT2D eigenvalue weighted by Crippen LogP contribution is -2.14. The molecule has 0 unspecified atom stereocenters. The summed E-state index contributed by atoms with van der Waals surface area (Å²) in [5.41, 5.74) is -0.141. The summed E-state index contributed by atoms with van der Waals surface area (Å²) in [7, 11) is 0. The molecule has 88 valence electrons. The van der Waals surface area contributed by atoms with E-state index >= 15 is 0 Å². The van der Waals surface area contributed by atoms with E-state index in [1.807, 2.05) is 20.8 Å². The highest BCUT2D eigenvalue weighted by molar-refractivity contribution is 5.83. The van der Waals surface area contributed by atoms with Gasteiger partial charge in [0.1, 0.15) is 12.4 Å². The van der Waals surface area contributed by atoms with Crippen molar-refractivity contribution in [3.63, 3.8) is 0 Å². The second kappa shape index (κ2) is 4.83. The molecular formula is C11H16N2O3. The lowest BCUT2D eigenvalue weighted by molar-refractivity contribution is 0.174. The van der Waals surface area contributed by atoms with E-state index in [0.717, 1.165) is 0 Å². The van der Waals surface area contributed by atoms with Gasteiger partial charge in [0, 0.05) is 11.5 Å². The Hall–Kier alpha value is -1.78. The SMILES string of the molecule is C=CCOC(=O)Nc1cc(C(C)(C)C)on1. The number of anilines is 1. The van der Waals surface area contributed by atoms with Crippen molar-refractivity contribution in [2.45, 2.75) is 26.2 Å². The van der Waals surface area contributed by atoms with Gasteiger partial charge in [-0.25, -0.2) is 4.79 Å². The third kappa shape index (κ3) is 3.42. The predicted octanol–water partition coefficient (Wildman–Crippen LogP) is 2.71. The van der Waals surface area contributed by atoms with Crippen LogP contribution in [-0.2, 0) is 10.2 Å². The van der Waals surface area contributed by atoms with E-state index in [9.17, 15) is 4.79 Å². The Morgan fingerprint density at radius 2 is 2.38 bits per heavy atom. The van der Waals surface area contributed by atoms with Gasteiger partial charge < -0.3 is 9.26 Å². The Labute approximate surface area is 94.5 Å². The van der Waals surface area contributed by atoms with Gasteiger partial charge in [0.25, 0.3) is 0 Å². The highest BCUT2D eigenvalue weighted by Crippen LogP contribution is 2.24. The van der Waals surface area contributed by atoms with Crippen LogP contribution in [0.15, 0.2) is 23.2 Å². The first-order chi connectivity index (χ1) is 7.43. The summed E-state index contributed by atoms with van der Waals surface area (Å²) in [4.78, 5) is 11.2. The molecule has 0 aliphatic rings. The number of nitrogens with zero attached hydrogens (tertiary/aromatic N) is 1. The van der Waals surface area contributed by atoms with Gasteiger partial charge in [0.05, 0.1) is 0 Å². The first-order valence-electron chi connectivity index (χ1n) is 4.95. The second-order valence-corrected chi connectivity index (χ2v) is 4.34. The van der Waals surface area contributed by atoms with E-state index in [1.54, 1.807) is 6.07 Å². The normalized spacial score (nSPS) is 10.9. The summed E-state index contributed by atoms with van der Waals surface area (Å²) >= 11 is 0. The topological polar surface area (TPSA) is 64.4 Å². The van der Waals surface area contributed by atoms with E-state index < -0.39 is 6.09 Å². The van der Waals surface area contributed by atoms with Gasteiger partial charge in [0.15, 0.2) is 5.82 Å². The van der Waals surface area contributed by atoms with E-state index in [2.05, 4.69) is 17.1 Å². The Morgan fingerprint density at radius 1 is 1.69 bits per heavy atom. The van der Waals surface area contributed by atoms with Crippen LogP contribution in [0.4, 0.5) is 10.6 Å². The molecule has 0 aromatic carbocycles. The predicted molar refractivity (Wildman–Crippen MR) is 60.4 cm³/mol. The molecule has 0 spiro atoms. The number of carbonyl (C=O) groups excluding carboxylic acids is 1. The average molecular weight is 224 g/mol. The van der Waals surface area contributed by atoms with E-state index in [4.69, 9.17) is 9.26 Å². The van der Waals surface area contributed by atoms with Gasteiger partial charge in [-0.15, -0.1) is 0 Å². The highest BCUT2D eigenvalue weighted by Gasteiger charge is 2.20. The zero-order valence-electron chi connectivity index (χ0n) is 9.74. The molecule has 1 aromatic rings. The Bertz CT molecular complexity index is 377. The quantitative estimate of drug-likeness (QED) is 0.802. The fourth-order valence-corrected chi connectivity index (χ4v) is 0.963. The number of hydrogen-bond donors (Lipinski definition) is 1. The Balaban J connectivity index is 2.59. The highest BCUT2D eigenvalue weighted by atomic mass is 16.5. The lowest BCUT2D eigenvalue weighted by atomic mass is 9.93. The molecule has 0 aliphatic carbocycles. The van der Waals surface area contributed by atoms with Crippen molar-refractivity contribution in [3.8, 4) is 0 Å². The van der Waals surface area contributed by atoms with E-state index in [1.165, 1.54) is 6.08 Å². The molecule has 5 heteroatoms. The Morgan fingerprint density at radius 3 is 2.88 bits per heavy atom. The molecule has 0 radical (unpaired) electrons. The molecule has 0 bridgehead atoms. The smallest absolute Gasteiger partial charge is 0.413 e. The molecule has 16 heavy (non-hydrogen) atoms. The van der Waals surface area contributed by atoms with Crippen molar-refractivity contribution in [2.75, 3.05) is 11.9 Å². The minimum absolute atomic E-state index is 0.141. The van der Waals surface area contributed by atoms with Crippen molar-refractivity contribution in [2.24, 2.45) is 0 Å². The zero-order valence-corrected chi connectivity index (χ0v) is 9.74. The summed E-state index contributed by atoms with van der Waals surface area (Å²) in [6.07, 6.45) is 0.914. The number of rotatable bonds is 3. The molecule has 1 N–H and O–H groups in total. The van der Waals surface area contributed by atoms with Crippen LogP contribution in [0.1, 0.15) is 26.5 Å². The monoisotopic (exact) mass is 224 g/mol. The third-order valence-electron chi connectivity index (χ3n) is 1.81. The van der Waals surface area contributed by atoms with Crippen LogP contribution in [0, 0.1) is 0 Å². The third-order valence-corrected chi connectivity index (χ3v) is 1.81. The molecule has 0 fully saturated rings. The number of hydrogen-bond acceptors (Lipinski definition) is 4. The Kier molecular flexibility index (Phi) is 3.71. The summed E-state index contributed by atoms with van der Waals surface area (Å²) in [6, 6.07) is 1.68. The van der Waals surface area contributed by atoms with Crippen LogP contribution in [0.25, 0.3) is 0 Å². The van der Waals surface area contributed by atoms with Crippen LogP contribution in [0.2, 0.25) is 0 Å². The number of amides is 1. The number of carbonyl (C=O) groups is 1. The summed E-state index contributed by atoms with van der Waals surface area (Å²) in [5.74, 6) is 1.05. The number of ether oxygens (including phenoxy) is 1. The molecule has 0 saturated carbocycles. The maximum Gasteiger partial charge on any atom is 0.413 e. The fraction of sp³-hybridized carbons (Fsp3) is 0.455. The maximum atomic E-state index is 11.2. The second-order valence-electron chi connectivity index (χ2n) is 4.34. The molecule has 0 atom stereocenters. The molecular weight excluding hydrogens is 208 g/mol. The van der Waals surface area contributed by atoms with Crippen LogP contribution in [-0.4, -0.2) is 17.9 Å². The molecule has 1 heterocycles. The van der Waals surface area contributed by atoms with Crippen molar-refractivity contribution < 1.29 is 14.1 Å². The van der Waals surface area contributed by atoms with Crippen LogP contribution in [0.3, 0.4) is 0 Å². The molecule has 1 amide bonds. The van der Waals surface area contributed by atoms with Gasteiger partial charge in [-0.1, -0.05) is 38.6 Å². The fourth-order valence-electron chi connectivity index (χ4n) is 0.963. The van der Waals surface area contributed by atoms with Gasteiger partial charge in [-0.05, 0) is 0 Å². The van der Waals surface area contributed by atoms with Gasteiger partial charge >= 0.3 is 6.09 Å². The minimum atomic E-state index is -0.575. The van der Waals surface area contributed by atoms with Gasteiger partial charge in [-0.2, -0.15) is 0 Å². The van der Waals surface area contributed by atoms with Crippen molar-refractivity contribution >= 4 is 11.9 Å². The summed E-state index contributed by atoms with van der Waals surface area (Å²) in [6.45, 7) is 9.58. The van der Waals surface area contributed by atoms with Crippen molar-refractivity contribution in [1.29, 1.82) is 0 Å². The first kappa shape index (κ1) is 12.3. The molecule has 1 aromatic heterocycles. The zero-order chi connectivity index (χ0) is 12.2. The van der Waals surface area contributed by atoms with Crippen molar-refractivity contribution in [1.82, 2.24) is 5.16 Å². The molecule has 0 aliphatic heterocycles. The van der Waals surface area contributed by atoms with Gasteiger partial charge in [0.2, 0.25) is 0 Å². The van der Waals surface area contributed by atoms with Gasteiger partial charge in [-0.3, -0.25) is 5.32 Å². The standard InChI is InChI=1S/C11H16N2O3/c1-5-6-15-10(14)12-9-7-8(16-13-9)11(2,3)4/h5,7H,1,6H2,2-4H3,(H,12,13,14). The van der Waals surface area contributed by atoms with Crippen LogP contribution >= 0.6 is 0 Å². The summed E-state index contributed by atoms with van der Waals surface area (Å²) in [5, 5.41) is 6.17. The lowest BCUT2D eigenvalue weighted by Gasteiger charge is -2.11. The number of nitrogens with one attached hydrogen (secondary N) is 1. The number of aromatic nitrogens is 1. The largest absolute Gasteiger partial charge is 0.445 e. The maximum absolute atomic E-state index is 11.2. The first-order valence-corrected chi connectivity index (χ1v) is 4.95. The average Bonchev–Trinajstić information content (AvgIpc) is 2.62. The van der Waals surface area contributed by atoms with E-state index in [-0.39, 0.29) is 12.0 Å². The summed E-state index contributed by atoms with van der Waals surface area (Å²) < 4.78 is 9.83. The molecule has 0 saturated heterocycles. The molecule has 1 rings (SSSR count). The van der Waals surface area contributed by atoms with Crippen LogP contribution < -0.4 is 5.32 Å². The minimum Gasteiger partial charge on any atom is -0.445 e. The van der Waals surface area contributed by atoms with Crippen LogP contribution in [0.5, 0.6) is 0 Å². The van der Waals surface area contributed by atoms with E-state index in [0.29, 0.717) is 11.6 Å².